The fourth-order valence-corrected chi connectivity index (χ4v) is 2.95. The topological polar surface area (TPSA) is 131 Å². The number of oxazole rings is 1. The summed E-state index contributed by atoms with van der Waals surface area (Å²) in [4.78, 5) is 27.1. The quantitative estimate of drug-likeness (QED) is 0.556. The largest absolute Gasteiger partial charge is 0.424 e. The second-order valence-corrected chi connectivity index (χ2v) is 8.70. The molecule has 11 heteroatoms. The third kappa shape index (κ3) is 4.45. The summed E-state index contributed by atoms with van der Waals surface area (Å²) < 4.78 is 31.7. The van der Waals surface area contributed by atoms with Crippen LogP contribution >= 0.6 is 11.9 Å². The van der Waals surface area contributed by atoms with Crippen LogP contribution in [0.4, 0.5) is 6.01 Å². The molecular formula is C13H16N4O5S2. The van der Waals surface area contributed by atoms with E-state index in [0.717, 1.165) is 6.26 Å². The average Bonchev–Trinajstić information content (AvgIpc) is 2.85. The SMILES string of the molecule is CC(C)(SN=O)[C@@H](Nc1nc2ccccc2o1)C(=O)NS(C)(=O)=O. The number of rotatable bonds is 7. The minimum absolute atomic E-state index is 0.0319. The second-order valence-electron chi connectivity index (χ2n) is 5.57. The molecule has 2 N–H and O–H groups in total. The Hall–Kier alpha value is -2.14. The molecule has 0 aliphatic heterocycles. The highest BCUT2D eigenvalue weighted by atomic mass is 32.2. The molecule has 130 valence electrons. The van der Waals surface area contributed by atoms with Crippen LogP contribution in [0.15, 0.2) is 33.3 Å². The minimum atomic E-state index is -3.77. The van der Waals surface area contributed by atoms with Crippen molar-refractivity contribution >= 4 is 45.0 Å². The summed E-state index contributed by atoms with van der Waals surface area (Å²) in [5, 5.41) is 2.74. The summed E-state index contributed by atoms with van der Waals surface area (Å²) in [7, 11) is -3.77. The molecule has 2 aromatic rings. The van der Waals surface area contributed by atoms with Crippen LogP contribution in [-0.4, -0.2) is 36.4 Å². The molecule has 1 atom stereocenters. The zero-order valence-electron chi connectivity index (χ0n) is 13.1. The van der Waals surface area contributed by atoms with E-state index in [2.05, 4.69) is 14.9 Å². The Morgan fingerprint density at radius 3 is 2.62 bits per heavy atom. The number of amides is 1. The van der Waals surface area contributed by atoms with Gasteiger partial charge in [-0.1, -0.05) is 12.1 Å². The third-order valence-electron chi connectivity index (χ3n) is 3.08. The smallest absolute Gasteiger partial charge is 0.296 e. The fourth-order valence-electron chi connectivity index (χ4n) is 2.00. The summed E-state index contributed by atoms with van der Waals surface area (Å²) in [5.74, 6) is -0.846. The van der Waals surface area contributed by atoms with Gasteiger partial charge in [-0.05, 0) is 26.0 Å². The van der Waals surface area contributed by atoms with Crippen molar-refractivity contribution in [2.24, 2.45) is 4.58 Å². The second kappa shape index (κ2) is 6.77. The number of carbonyl (C=O) groups is 1. The van der Waals surface area contributed by atoms with Crippen LogP contribution in [0.25, 0.3) is 11.1 Å². The van der Waals surface area contributed by atoms with Gasteiger partial charge < -0.3 is 9.73 Å². The maximum atomic E-state index is 12.3. The van der Waals surface area contributed by atoms with Crippen molar-refractivity contribution < 1.29 is 17.6 Å². The lowest BCUT2D eigenvalue weighted by Crippen LogP contribution is -2.52. The van der Waals surface area contributed by atoms with Gasteiger partial charge in [0.25, 0.3) is 11.9 Å². The zero-order chi connectivity index (χ0) is 18.0. The van der Waals surface area contributed by atoms with E-state index >= 15 is 0 Å². The molecular weight excluding hydrogens is 356 g/mol. The van der Waals surface area contributed by atoms with Crippen LogP contribution in [0, 0.1) is 4.91 Å². The van der Waals surface area contributed by atoms with E-state index in [9.17, 15) is 18.1 Å². The molecule has 0 saturated carbocycles. The number of fused-ring (bicyclic) bond motifs is 1. The van der Waals surface area contributed by atoms with Crippen molar-refractivity contribution in [3.8, 4) is 0 Å². The van der Waals surface area contributed by atoms with Crippen LogP contribution in [0.2, 0.25) is 0 Å². The van der Waals surface area contributed by atoms with E-state index in [1.165, 1.54) is 0 Å². The number of carbonyl (C=O) groups excluding carboxylic acids is 1. The van der Waals surface area contributed by atoms with Gasteiger partial charge in [0.15, 0.2) is 5.58 Å². The summed E-state index contributed by atoms with van der Waals surface area (Å²) >= 11 is 0.604. The van der Waals surface area contributed by atoms with E-state index in [1.807, 2.05) is 4.72 Å². The molecule has 0 bridgehead atoms. The Balaban J connectivity index is 2.34. The first-order chi connectivity index (χ1) is 11.1. The van der Waals surface area contributed by atoms with E-state index < -0.39 is 26.7 Å². The van der Waals surface area contributed by atoms with Crippen molar-refractivity contribution in [3.05, 3.63) is 29.2 Å². The standard InChI is InChI=1S/C13H16N4O5S2/c1-13(2,23-17-19)10(11(18)16-24(3,20)21)15-12-14-8-6-4-5-7-9(8)22-12/h4-7,10H,1-3H3,(H,14,15)(H,16,18)/t10-/m0/s1. The van der Waals surface area contributed by atoms with E-state index in [0.29, 0.717) is 23.0 Å². The first kappa shape index (κ1) is 18.2. The summed E-state index contributed by atoms with van der Waals surface area (Å²) in [6.45, 7) is 3.14. The van der Waals surface area contributed by atoms with Gasteiger partial charge in [0, 0.05) is 16.5 Å². The Labute approximate surface area is 142 Å². The van der Waals surface area contributed by atoms with E-state index in [-0.39, 0.29) is 6.01 Å². The number of sulfonamides is 1. The number of aromatic nitrogens is 1. The van der Waals surface area contributed by atoms with Crippen molar-refractivity contribution in [2.45, 2.75) is 24.6 Å². The van der Waals surface area contributed by atoms with Crippen molar-refractivity contribution in [3.63, 3.8) is 0 Å². The molecule has 1 aromatic heterocycles. The number of nitrogens with zero attached hydrogens (tertiary/aromatic N) is 2. The zero-order valence-corrected chi connectivity index (χ0v) is 14.8. The molecule has 0 radical (unpaired) electrons. The van der Waals surface area contributed by atoms with E-state index in [1.54, 1.807) is 38.1 Å². The number of nitroso groups, excluding NO2 is 1. The van der Waals surface area contributed by atoms with Crippen LogP contribution in [0.3, 0.4) is 0 Å². The summed E-state index contributed by atoms with van der Waals surface area (Å²) in [6, 6.07) is 5.86. The molecule has 1 aromatic carbocycles. The molecule has 0 unspecified atom stereocenters. The molecule has 9 nitrogen and oxygen atoms in total. The highest BCUT2D eigenvalue weighted by Gasteiger charge is 2.39. The Morgan fingerprint density at radius 1 is 1.38 bits per heavy atom. The summed E-state index contributed by atoms with van der Waals surface area (Å²) in [5.41, 5.74) is 1.07. The Bertz CT molecular complexity index is 829. The number of hydrogen-bond acceptors (Lipinski definition) is 9. The van der Waals surface area contributed by atoms with Crippen LogP contribution in [0.1, 0.15) is 13.8 Å². The first-order valence-electron chi connectivity index (χ1n) is 6.77. The molecule has 1 heterocycles. The van der Waals surface area contributed by atoms with Crippen molar-refractivity contribution in [2.75, 3.05) is 11.6 Å². The maximum absolute atomic E-state index is 12.3. The lowest BCUT2D eigenvalue weighted by atomic mass is 10.0. The van der Waals surface area contributed by atoms with Crippen LogP contribution in [0.5, 0.6) is 0 Å². The highest BCUT2D eigenvalue weighted by molar-refractivity contribution is 7.99. The van der Waals surface area contributed by atoms with Gasteiger partial charge in [0.2, 0.25) is 10.0 Å². The van der Waals surface area contributed by atoms with Crippen LogP contribution in [-0.2, 0) is 14.8 Å². The predicted octanol–water partition coefficient (Wildman–Crippen LogP) is 1.88. The molecule has 0 saturated heterocycles. The van der Waals surface area contributed by atoms with Gasteiger partial charge in [-0.25, -0.2) is 8.42 Å². The molecule has 0 aliphatic rings. The number of para-hydroxylation sites is 2. The molecule has 1 amide bonds. The monoisotopic (exact) mass is 372 g/mol. The molecule has 2 rings (SSSR count). The predicted molar refractivity (Wildman–Crippen MR) is 91.9 cm³/mol. The van der Waals surface area contributed by atoms with Crippen molar-refractivity contribution in [1.82, 2.24) is 9.71 Å². The van der Waals surface area contributed by atoms with E-state index in [4.69, 9.17) is 4.42 Å². The molecule has 24 heavy (non-hydrogen) atoms. The van der Waals surface area contributed by atoms with Gasteiger partial charge in [0.05, 0.1) is 11.0 Å². The minimum Gasteiger partial charge on any atom is -0.424 e. The molecule has 0 aliphatic carbocycles. The lowest BCUT2D eigenvalue weighted by Gasteiger charge is -2.29. The van der Waals surface area contributed by atoms with Gasteiger partial charge >= 0.3 is 0 Å². The number of hydrogen-bond donors (Lipinski definition) is 2. The Kier molecular flexibility index (Phi) is 5.13. The number of benzene rings is 1. The molecule has 0 spiro atoms. The third-order valence-corrected chi connectivity index (χ3v) is 4.43. The first-order valence-corrected chi connectivity index (χ1v) is 9.43. The average molecular weight is 372 g/mol. The van der Waals surface area contributed by atoms with Gasteiger partial charge in [-0.2, -0.15) is 4.98 Å². The highest BCUT2D eigenvalue weighted by Crippen LogP contribution is 2.31. The van der Waals surface area contributed by atoms with Gasteiger partial charge in [-0.15, -0.1) is 4.91 Å². The number of nitrogens with one attached hydrogen (secondary N) is 2. The number of anilines is 1. The van der Waals surface area contributed by atoms with Crippen LogP contribution < -0.4 is 10.0 Å². The lowest BCUT2D eigenvalue weighted by molar-refractivity contribution is -0.120. The summed E-state index contributed by atoms with van der Waals surface area (Å²) in [6.07, 6.45) is 0.861. The fraction of sp³-hybridized carbons (Fsp3) is 0.385. The van der Waals surface area contributed by atoms with Crippen molar-refractivity contribution in [1.29, 1.82) is 0 Å². The Morgan fingerprint density at radius 2 is 2.04 bits per heavy atom. The molecule has 0 fully saturated rings. The van der Waals surface area contributed by atoms with Gasteiger partial charge in [-0.3, -0.25) is 9.52 Å². The normalized spacial score (nSPS) is 13.5. The van der Waals surface area contributed by atoms with Gasteiger partial charge in [0.1, 0.15) is 11.6 Å². The maximum Gasteiger partial charge on any atom is 0.296 e.